The fourth-order valence-electron chi connectivity index (χ4n) is 2.48. The van der Waals surface area contributed by atoms with Gasteiger partial charge in [0.2, 0.25) is 0 Å². The van der Waals surface area contributed by atoms with E-state index in [-0.39, 0.29) is 11.6 Å². The lowest BCUT2D eigenvalue weighted by atomic mass is 9.76. The summed E-state index contributed by atoms with van der Waals surface area (Å²) in [7, 11) is 0. The zero-order valence-electron chi connectivity index (χ0n) is 10.3. The molecule has 1 aromatic rings. The predicted octanol–water partition coefficient (Wildman–Crippen LogP) is 1.25. The molecule has 1 N–H and O–H groups in total. The molecule has 1 unspecified atom stereocenters. The van der Waals surface area contributed by atoms with Crippen molar-refractivity contribution in [1.82, 2.24) is 14.5 Å². The van der Waals surface area contributed by atoms with Crippen molar-refractivity contribution in [2.75, 3.05) is 6.54 Å². The summed E-state index contributed by atoms with van der Waals surface area (Å²) < 4.78 is 3.64. The number of aliphatic carboxylic acids is 1. The fourth-order valence-corrected chi connectivity index (χ4v) is 2.91. The Balaban J connectivity index is 2.30. The summed E-state index contributed by atoms with van der Waals surface area (Å²) in [6.45, 7) is 4.21. The van der Waals surface area contributed by atoms with E-state index in [1.165, 1.54) is 4.90 Å². The van der Waals surface area contributed by atoms with Gasteiger partial charge in [0.25, 0.3) is 5.91 Å². The maximum Gasteiger partial charge on any atom is 0.326 e. The van der Waals surface area contributed by atoms with Crippen molar-refractivity contribution in [3.63, 3.8) is 0 Å². The second kappa shape index (κ2) is 4.64. The van der Waals surface area contributed by atoms with Crippen molar-refractivity contribution in [2.45, 2.75) is 32.7 Å². The molecule has 1 aromatic heterocycles. The Bertz CT molecular complexity index is 458. The molecular weight excluding hydrogens is 254 g/mol. The van der Waals surface area contributed by atoms with Gasteiger partial charge in [-0.15, -0.1) is 5.10 Å². The Labute approximate surface area is 109 Å². The largest absolute Gasteiger partial charge is 0.480 e. The number of nitrogens with zero attached hydrogens (tertiary/aromatic N) is 3. The number of rotatable bonds is 2. The van der Waals surface area contributed by atoms with E-state index in [9.17, 15) is 14.7 Å². The molecule has 1 aliphatic rings. The Kier molecular flexibility index (Phi) is 3.34. The van der Waals surface area contributed by atoms with E-state index in [1.54, 1.807) is 5.38 Å². The van der Waals surface area contributed by atoms with Crippen LogP contribution in [0.4, 0.5) is 0 Å². The molecule has 18 heavy (non-hydrogen) atoms. The summed E-state index contributed by atoms with van der Waals surface area (Å²) in [6.07, 6.45) is 1.60. The SMILES string of the molecule is CC1(C)CCCN(C(=O)c2csnn2)C1C(=O)O. The highest BCUT2D eigenvalue weighted by Crippen LogP contribution is 2.35. The van der Waals surface area contributed by atoms with Gasteiger partial charge in [-0.05, 0) is 29.8 Å². The lowest BCUT2D eigenvalue weighted by Gasteiger charge is -2.43. The van der Waals surface area contributed by atoms with Crippen LogP contribution in [0.2, 0.25) is 0 Å². The second-order valence-corrected chi connectivity index (χ2v) is 5.73. The molecule has 1 amide bonds. The van der Waals surface area contributed by atoms with Crippen molar-refractivity contribution >= 4 is 23.4 Å². The zero-order valence-corrected chi connectivity index (χ0v) is 11.1. The minimum atomic E-state index is -0.962. The fraction of sp³-hybridized carbons (Fsp3) is 0.636. The van der Waals surface area contributed by atoms with Gasteiger partial charge in [0, 0.05) is 11.9 Å². The summed E-state index contributed by atoms with van der Waals surface area (Å²) in [5, 5.41) is 14.6. The molecule has 1 saturated heterocycles. The van der Waals surface area contributed by atoms with Crippen LogP contribution in [0.1, 0.15) is 37.2 Å². The molecule has 0 aromatic carbocycles. The first-order valence-electron chi connectivity index (χ1n) is 5.74. The van der Waals surface area contributed by atoms with E-state index in [0.29, 0.717) is 6.54 Å². The van der Waals surface area contributed by atoms with E-state index in [0.717, 1.165) is 24.4 Å². The lowest BCUT2D eigenvalue weighted by Crippen LogP contribution is -2.56. The molecule has 6 nitrogen and oxygen atoms in total. The number of carboxylic acid groups (broad SMARTS) is 1. The van der Waals surface area contributed by atoms with E-state index in [4.69, 9.17) is 0 Å². The van der Waals surface area contributed by atoms with Gasteiger partial charge >= 0.3 is 5.97 Å². The van der Waals surface area contributed by atoms with Gasteiger partial charge in [-0.1, -0.05) is 18.3 Å². The van der Waals surface area contributed by atoms with Crippen LogP contribution < -0.4 is 0 Å². The third-order valence-corrected chi connectivity index (χ3v) is 3.85. The highest BCUT2D eigenvalue weighted by atomic mass is 32.1. The van der Waals surface area contributed by atoms with Gasteiger partial charge in [0.15, 0.2) is 5.69 Å². The number of likely N-dealkylation sites (tertiary alicyclic amines) is 1. The monoisotopic (exact) mass is 269 g/mol. The molecule has 2 rings (SSSR count). The normalized spacial score (nSPS) is 22.8. The molecule has 1 fully saturated rings. The third-order valence-electron chi connectivity index (χ3n) is 3.35. The van der Waals surface area contributed by atoms with Gasteiger partial charge in [-0.25, -0.2) is 4.79 Å². The first kappa shape index (κ1) is 12.9. The topological polar surface area (TPSA) is 83.4 Å². The Morgan fingerprint density at radius 3 is 2.83 bits per heavy atom. The molecule has 0 aliphatic carbocycles. The molecule has 0 saturated carbocycles. The van der Waals surface area contributed by atoms with E-state index in [1.807, 2.05) is 13.8 Å². The number of aromatic nitrogens is 2. The average molecular weight is 269 g/mol. The van der Waals surface area contributed by atoms with Crippen molar-refractivity contribution in [3.05, 3.63) is 11.1 Å². The maximum absolute atomic E-state index is 12.2. The minimum absolute atomic E-state index is 0.226. The van der Waals surface area contributed by atoms with Crippen molar-refractivity contribution in [2.24, 2.45) is 5.41 Å². The van der Waals surface area contributed by atoms with Crippen molar-refractivity contribution in [1.29, 1.82) is 0 Å². The van der Waals surface area contributed by atoms with Crippen LogP contribution in [0.5, 0.6) is 0 Å². The molecule has 2 heterocycles. The van der Waals surface area contributed by atoms with Crippen molar-refractivity contribution in [3.8, 4) is 0 Å². The maximum atomic E-state index is 12.2. The Morgan fingerprint density at radius 1 is 1.56 bits per heavy atom. The average Bonchev–Trinajstić information content (AvgIpc) is 2.79. The summed E-state index contributed by atoms with van der Waals surface area (Å²) in [5.41, 5.74) is -0.202. The van der Waals surface area contributed by atoms with E-state index >= 15 is 0 Å². The first-order valence-corrected chi connectivity index (χ1v) is 6.58. The summed E-state index contributed by atoms with van der Waals surface area (Å²) in [5.74, 6) is -1.31. The quantitative estimate of drug-likeness (QED) is 0.873. The van der Waals surface area contributed by atoms with E-state index in [2.05, 4.69) is 9.59 Å². The van der Waals surface area contributed by atoms with Crippen LogP contribution in [0.3, 0.4) is 0 Å². The predicted molar refractivity (Wildman–Crippen MR) is 65.4 cm³/mol. The molecule has 98 valence electrons. The number of carboxylic acids is 1. The summed E-state index contributed by atoms with van der Waals surface area (Å²) in [4.78, 5) is 25.1. The van der Waals surface area contributed by atoms with Crippen LogP contribution in [0, 0.1) is 5.41 Å². The molecule has 1 aliphatic heterocycles. The molecular formula is C11H15N3O3S. The summed E-state index contributed by atoms with van der Waals surface area (Å²) >= 11 is 1.09. The highest BCUT2D eigenvalue weighted by Gasteiger charge is 2.45. The van der Waals surface area contributed by atoms with Crippen LogP contribution in [0.25, 0.3) is 0 Å². The first-order chi connectivity index (χ1) is 8.43. The number of piperidine rings is 1. The second-order valence-electron chi connectivity index (χ2n) is 5.12. The van der Waals surface area contributed by atoms with Gasteiger partial charge < -0.3 is 10.0 Å². The number of hydrogen-bond acceptors (Lipinski definition) is 5. The standard InChI is InChI=1S/C11H15N3O3S/c1-11(2)4-3-5-14(8(11)10(16)17)9(15)7-6-18-13-12-7/h6,8H,3-5H2,1-2H3,(H,16,17). The van der Waals surface area contributed by atoms with Gasteiger partial charge in [-0.2, -0.15) is 0 Å². The number of amides is 1. The van der Waals surface area contributed by atoms with Gasteiger partial charge in [-0.3, -0.25) is 4.79 Å². The van der Waals surface area contributed by atoms with Crippen LogP contribution >= 0.6 is 11.5 Å². The van der Waals surface area contributed by atoms with E-state index < -0.39 is 17.4 Å². The molecule has 0 bridgehead atoms. The smallest absolute Gasteiger partial charge is 0.326 e. The van der Waals surface area contributed by atoms with Gasteiger partial charge in [0.1, 0.15) is 6.04 Å². The Morgan fingerprint density at radius 2 is 2.28 bits per heavy atom. The molecule has 0 spiro atoms. The molecule has 0 radical (unpaired) electrons. The van der Waals surface area contributed by atoms with Crippen molar-refractivity contribution < 1.29 is 14.7 Å². The zero-order chi connectivity index (χ0) is 13.3. The number of carbonyl (C=O) groups is 2. The van der Waals surface area contributed by atoms with Crippen LogP contribution in [0.15, 0.2) is 5.38 Å². The third kappa shape index (κ3) is 2.22. The van der Waals surface area contributed by atoms with Crippen LogP contribution in [-0.4, -0.2) is 44.1 Å². The lowest BCUT2D eigenvalue weighted by molar-refractivity contribution is -0.148. The summed E-state index contributed by atoms with van der Waals surface area (Å²) in [6, 6.07) is -0.805. The number of carbonyl (C=O) groups excluding carboxylic acids is 1. The highest BCUT2D eigenvalue weighted by molar-refractivity contribution is 7.03. The molecule has 1 atom stereocenters. The Hall–Kier alpha value is -1.50. The molecule has 7 heteroatoms. The van der Waals surface area contributed by atoms with Gasteiger partial charge in [0.05, 0.1) is 0 Å². The minimum Gasteiger partial charge on any atom is -0.480 e. The van der Waals surface area contributed by atoms with Crippen LogP contribution in [-0.2, 0) is 4.79 Å². The number of hydrogen-bond donors (Lipinski definition) is 1.